The number of carbonyl (C=O) groups is 3. The molecule has 0 bridgehead atoms. The summed E-state index contributed by atoms with van der Waals surface area (Å²) in [5.74, 6) is -2.84. The van der Waals surface area contributed by atoms with Crippen LogP contribution in [0.5, 0.6) is 0 Å². The van der Waals surface area contributed by atoms with Crippen molar-refractivity contribution in [3.63, 3.8) is 0 Å². The third-order valence-electron chi connectivity index (χ3n) is 3.78. The molecular formula is C16H25BN4O5. The van der Waals surface area contributed by atoms with Crippen LogP contribution in [0.1, 0.15) is 25.3 Å². The Kier molecular flexibility index (Phi) is 8.76. The Morgan fingerprint density at radius 1 is 1.12 bits per heavy atom. The zero-order valence-corrected chi connectivity index (χ0v) is 14.6. The quantitative estimate of drug-likeness (QED) is 0.258. The van der Waals surface area contributed by atoms with Gasteiger partial charge in [-0.3, -0.25) is 14.4 Å². The minimum absolute atomic E-state index is 0.0348. The lowest BCUT2D eigenvalue weighted by molar-refractivity contribution is -0.129. The van der Waals surface area contributed by atoms with E-state index in [0.29, 0.717) is 6.42 Å². The van der Waals surface area contributed by atoms with Gasteiger partial charge in [0.1, 0.15) is 6.04 Å². The number of amides is 3. The van der Waals surface area contributed by atoms with E-state index in [-0.39, 0.29) is 12.8 Å². The Morgan fingerprint density at radius 3 is 2.27 bits per heavy atom. The lowest BCUT2D eigenvalue weighted by Gasteiger charge is -2.21. The fourth-order valence-electron chi connectivity index (χ4n) is 2.25. The van der Waals surface area contributed by atoms with Crippen molar-refractivity contribution in [3.8, 4) is 0 Å². The van der Waals surface area contributed by atoms with Crippen LogP contribution in [0.3, 0.4) is 0 Å². The molecule has 0 radical (unpaired) electrons. The van der Waals surface area contributed by atoms with Crippen molar-refractivity contribution in [2.45, 2.75) is 44.2 Å². The highest BCUT2D eigenvalue weighted by Gasteiger charge is 2.28. The average Bonchev–Trinajstić information content (AvgIpc) is 2.58. The lowest BCUT2D eigenvalue weighted by atomic mass is 9.76. The molecule has 142 valence electrons. The van der Waals surface area contributed by atoms with Crippen LogP contribution < -0.4 is 22.1 Å². The second kappa shape index (κ2) is 10.5. The standard InChI is InChI=1S/C16H25BN4O5/c1-10(15(23)21-13(17(25)26)7-8-14(19)22)20-16(24)12(18)9-11-5-3-2-4-6-11/h2-6,10,12-13,25-26H,7-9,18H2,1H3,(H2,19,22)(H,20,24)(H,21,23)/t10-,12-,13-/m0/s1. The SMILES string of the molecule is C[C@H](NC(=O)[C@@H](N)Cc1ccccc1)C(=O)N[C@@H](CCC(N)=O)B(O)O. The number of hydrogen-bond donors (Lipinski definition) is 6. The highest BCUT2D eigenvalue weighted by atomic mass is 16.4. The molecule has 0 spiro atoms. The van der Waals surface area contributed by atoms with E-state index in [4.69, 9.17) is 11.5 Å². The number of rotatable bonds is 10. The maximum absolute atomic E-state index is 12.1. The Morgan fingerprint density at radius 2 is 1.73 bits per heavy atom. The van der Waals surface area contributed by atoms with Crippen LogP contribution in [0.4, 0.5) is 0 Å². The summed E-state index contributed by atoms with van der Waals surface area (Å²) in [5.41, 5.74) is 11.8. The van der Waals surface area contributed by atoms with Crippen molar-refractivity contribution in [3.05, 3.63) is 35.9 Å². The van der Waals surface area contributed by atoms with Gasteiger partial charge in [0, 0.05) is 6.42 Å². The van der Waals surface area contributed by atoms with E-state index in [9.17, 15) is 24.4 Å². The van der Waals surface area contributed by atoms with Gasteiger partial charge >= 0.3 is 7.12 Å². The molecule has 8 N–H and O–H groups in total. The van der Waals surface area contributed by atoms with Crippen molar-refractivity contribution in [1.82, 2.24) is 10.6 Å². The molecule has 10 heteroatoms. The highest BCUT2D eigenvalue weighted by Crippen LogP contribution is 2.03. The van der Waals surface area contributed by atoms with Crippen LogP contribution in [-0.4, -0.2) is 52.9 Å². The van der Waals surface area contributed by atoms with E-state index in [2.05, 4.69) is 10.6 Å². The zero-order valence-electron chi connectivity index (χ0n) is 14.6. The van der Waals surface area contributed by atoms with Crippen LogP contribution in [0.25, 0.3) is 0 Å². The minimum atomic E-state index is -1.86. The maximum Gasteiger partial charge on any atom is 0.475 e. The van der Waals surface area contributed by atoms with Gasteiger partial charge in [-0.25, -0.2) is 0 Å². The number of carbonyl (C=O) groups excluding carboxylic acids is 3. The Balaban J connectivity index is 2.53. The summed E-state index contributed by atoms with van der Waals surface area (Å²) in [6.07, 6.45) is 0.162. The van der Waals surface area contributed by atoms with E-state index >= 15 is 0 Å². The summed E-state index contributed by atoms with van der Waals surface area (Å²) in [4.78, 5) is 35.0. The average molecular weight is 364 g/mol. The third-order valence-corrected chi connectivity index (χ3v) is 3.78. The van der Waals surface area contributed by atoms with Crippen LogP contribution >= 0.6 is 0 Å². The third kappa shape index (κ3) is 7.64. The van der Waals surface area contributed by atoms with Crippen molar-refractivity contribution < 1.29 is 24.4 Å². The lowest BCUT2D eigenvalue weighted by Crippen LogP contribution is -2.55. The molecule has 1 aromatic rings. The molecule has 0 unspecified atom stereocenters. The molecule has 0 fully saturated rings. The Labute approximate surface area is 152 Å². The first-order valence-electron chi connectivity index (χ1n) is 8.25. The van der Waals surface area contributed by atoms with Crippen LogP contribution in [-0.2, 0) is 20.8 Å². The number of primary amides is 1. The summed E-state index contributed by atoms with van der Waals surface area (Å²) in [6.45, 7) is 1.44. The second-order valence-corrected chi connectivity index (χ2v) is 6.06. The first kappa shape index (κ1) is 21.6. The molecule has 0 aromatic heterocycles. The maximum atomic E-state index is 12.1. The predicted molar refractivity (Wildman–Crippen MR) is 96.3 cm³/mol. The van der Waals surface area contributed by atoms with Gasteiger partial charge in [0.25, 0.3) is 0 Å². The number of benzene rings is 1. The van der Waals surface area contributed by atoms with Crippen LogP contribution in [0.2, 0.25) is 0 Å². The molecular weight excluding hydrogens is 339 g/mol. The normalized spacial score (nSPS) is 14.0. The Hall–Kier alpha value is -2.43. The molecule has 0 aliphatic carbocycles. The molecule has 1 aromatic carbocycles. The molecule has 1 rings (SSSR count). The van der Waals surface area contributed by atoms with Crippen molar-refractivity contribution in [2.24, 2.45) is 11.5 Å². The molecule has 0 heterocycles. The smallest absolute Gasteiger partial charge is 0.426 e. The Bertz CT molecular complexity index is 614. The molecule has 0 saturated carbocycles. The van der Waals surface area contributed by atoms with Gasteiger partial charge in [-0.1, -0.05) is 30.3 Å². The monoisotopic (exact) mass is 364 g/mol. The summed E-state index contributed by atoms with van der Waals surface area (Å²) < 4.78 is 0. The molecule has 0 aliphatic heterocycles. The largest absolute Gasteiger partial charge is 0.475 e. The van der Waals surface area contributed by atoms with E-state index < -0.39 is 42.9 Å². The van der Waals surface area contributed by atoms with Gasteiger partial charge in [-0.05, 0) is 25.3 Å². The van der Waals surface area contributed by atoms with Gasteiger partial charge < -0.3 is 32.1 Å². The van der Waals surface area contributed by atoms with Crippen molar-refractivity contribution in [2.75, 3.05) is 0 Å². The van der Waals surface area contributed by atoms with E-state index in [1.165, 1.54) is 6.92 Å². The first-order valence-corrected chi connectivity index (χ1v) is 8.25. The van der Waals surface area contributed by atoms with Crippen molar-refractivity contribution >= 4 is 24.8 Å². The van der Waals surface area contributed by atoms with E-state index in [1.54, 1.807) is 0 Å². The van der Waals surface area contributed by atoms with E-state index in [1.807, 2.05) is 30.3 Å². The van der Waals surface area contributed by atoms with Gasteiger partial charge in [0.05, 0.1) is 12.0 Å². The van der Waals surface area contributed by atoms with Gasteiger partial charge in [-0.2, -0.15) is 0 Å². The van der Waals surface area contributed by atoms with Gasteiger partial charge in [-0.15, -0.1) is 0 Å². The van der Waals surface area contributed by atoms with Gasteiger partial charge in [0.15, 0.2) is 0 Å². The molecule has 3 amide bonds. The predicted octanol–water partition coefficient (Wildman–Crippen LogP) is -2.18. The highest BCUT2D eigenvalue weighted by molar-refractivity contribution is 6.43. The fourth-order valence-corrected chi connectivity index (χ4v) is 2.25. The summed E-state index contributed by atoms with van der Waals surface area (Å²) >= 11 is 0. The first-order chi connectivity index (χ1) is 12.2. The summed E-state index contributed by atoms with van der Waals surface area (Å²) in [7, 11) is -1.86. The number of nitrogens with one attached hydrogen (secondary N) is 2. The molecule has 0 aliphatic rings. The van der Waals surface area contributed by atoms with Crippen LogP contribution in [0.15, 0.2) is 30.3 Å². The number of nitrogens with two attached hydrogens (primary N) is 2. The van der Waals surface area contributed by atoms with Crippen LogP contribution in [0, 0.1) is 0 Å². The second-order valence-electron chi connectivity index (χ2n) is 6.06. The summed E-state index contributed by atoms with van der Waals surface area (Å²) in [5, 5.41) is 23.4. The zero-order chi connectivity index (χ0) is 19.7. The van der Waals surface area contributed by atoms with Crippen molar-refractivity contribution in [1.29, 1.82) is 0 Å². The number of hydrogen-bond acceptors (Lipinski definition) is 6. The molecule has 26 heavy (non-hydrogen) atoms. The molecule has 3 atom stereocenters. The van der Waals surface area contributed by atoms with E-state index in [0.717, 1.165) is 5.56 Å². The molecule has 9 nitrogen and oxygen atoms in total. The fraction of sp³-hybridized carbons (Fsp3) is 0.438. The minimum Gasteiger partial charge on any atom is -0.426 e. The topological polar surface area (TPSA) is 168 Å². The summed E-state index contributed by atoms with van der Waals surface area (Å²) in [6, 6.07) is 7.43. The molecule has 0 saturated heterocycles. The van der Waals surface area contributed by atoms with Gasteiger partial charge in [0.2, 0.25) is 17.7 Å².